The van der Waals surface area contributed by atoms with Crippen LogP contribution in [0.5, 0.6) is 0 Å². The molecule has 1 aliphatic rings. The number of nitrogens with one attached hydrogen (secondary N) is 1. The van der Waals surface area contributed by atoms with E-state index in [9.17, 15) is 9.59 Å². The maximum absolute atomic E-state index is 12.5. The fourth-order valence-corrected chi connectivity index (χ4v) is 3.62. The summed E-state index contributed by atoms with van der Waals surface area (Å²) in [5, 5.41) is 2.96. The zero-order valence-electron chi connectivity index (χ0n) is 15.8. The van der Waals surface area contributed by atoms with Crippen molar-refractivity contribution in [3.05, 3.63) is 89.5 Å². The number of amides is 1. The van der Waals surface area contributed by atoms with Crippen LogP contribution in [0.1, 0.15) is 39.1 Å². The molecule has 0 unspecified atom stereocenters. The van der Waals surface area contributed by atoms with Crippen LogP contribution in [0.3, 0.4) is 0 Å². The molecule has 0 aromatic heterocycles. The Balaban J connectivity index is 1.57. The van der Waals surface area contributed by atoms with Crippen LogP contribution in [-0.2, 0) is 0 Å². The van der Waals surface area contributed by atoms with E-state index < -0.39 is 0 Å². The van der Waals surface area contributed by atoms with Crippen LogP contribution in [-0.4, -0.2) is 18.2 Å². The van der Waals surface area contributed by atoms with Crippen LogP contribution in [0, 0.1) is 6.92 Å². The number of fused-ring (bicyclic) bond motifs is 1. The molecule has 28 heavy (non-hydrogen) atoms. The Morgan fingerprint density at radius 2 is 1.64 bits per heavy atom. The highest BCUT2D eigenvalue weighted by atomic mass is 16.1. The monoisotopic (exact) mass is 370 g/mol. The zero-order chi connectivity index (χ0) is 19.5. The van der Waals surface area contributed by atoms with Crippen molar-refractivity contribution in [2.24, 2.45) is 0 Å². The SMILES string of the molecule is Cc1ccccc1C(=O)Nc1ccc(N2CCCC(=O)c3ccccc32)cc1. The number of anilines is 3. The van der Waals surface area contributed by atoms with Crippen molar-refractivity contribution in [3.8, 4) is 0 Å². The molecule has 0 saturated heterocycles. The predicted octanol–water partition coefficient (Wildman–Crippen LogP) is 5.36. The Morgan fingerprint density at radius 3 is 2.43 bits per heavy atom. The Kier molecular flexibility index (Phi) is 4.94. The standard InChI is InChI=1S/C24H22N2O2/c1-17-7-2-3-8-20(17)24(28)25-18-12-14-19(15-13-18)26-16-6-11-23(27)21-9-4-5-10-22(21)26/h2-5,7-10,12-15H,6,11,16H2,1H3,(H,25,28). The quantitative estimate of drug-likeness (QED) is 0.675. The number of ketones is 1. The molecule has 3 aromatic carbocycles. The zero-order valence-corrected chi connectivity index (χ0v) is 15.8. The number of benzene rings is 3. The van der Waals surface area contributed by atoms with Crippen LogP contribution in [0.4, 0.5) is 17.1 Å². The summed E-state index contributed by atoms with van der Waals surface area (Å²) >= 11 is 0. The Labute approximate surface area is 164 Å². The molecule has 1 amide bonds. The molecule has 1 heterocycles. The Morgan fingerprint density at radius 1 is 0.929 bits per heavy atom. The number of aryl methyl sites for hydroxylation is 1. The second-order valence-corrected chi connectivity index (χ2v) is 7.01. The number of hydrogen-bond acceptors (Lipinski definition) is 3. The number of carbonyl (C=O) groups excluding carboxylic acids is 2. The normalized spacial score (nSPS) is 13.6. The molecular weight excluding hydrogens is 348 g/mol. The lowest BCUT2D eigenvalue weighted by molar-refractivity contribution is 0.0982. The van der Waals surface area contributed by atoms with Gasteiger partial charge in [0, 0.05) is 35.5 Å². The van der Waals surface area contributed by atoms with E-state index in [0.717, 1.165) is 41.2 Å². The second kappa shape index (κ2) is 7.69. The summed E-state index contributed by atoms with van der Waals surface area (Å²) < 4.78 is 0. The molecule has 0 bridgehead atoms. The third-order valence-corrected chi connectivity index (χ3v) is 5.11. The minimum atomic E-state index is -0.114. The van der Waals surface area contributed by atoms with Gasteiger partial charge in [-0.05, 0) is 61.4 Å². The fourth-order valence-electron chi connectivity index (χ4n) is 3.62. The molecule has 0 radical (unpaired) electrons. The molecule has 1 aliphatic heterocycles. The van der Waals surface area contributed by atoms with Crippen molar-refractivity contribution in [2.45, 2.75) is 19.8 Å². The molecule has 0 spiro atoms. The molecule has 0 fully saturated rings. The van der Waals surface area contributed by atoms with Crippen LogP contribution in [0.15, 0.2) is 72.8 Å². The van der Waals surface area contributed by atoms with Crippen molar-refractivity contribution in [1.82, 2.24) is 0 Å². The van der Waals surface area contributed by atoms with Crippen molar-refractivity contribution in [2.75, 3.05) is 16.8 Å². The molecule has 0 saturated carbocycles. The highest BCUT2D eigenvalue weighted by Crippen LogP contribution is 2.33. The van der Waals surface area contributed by atoms with Crippen LogP contribution < -0.4 is 10.2 Å². The number of hydrogen-bond donors (Lipinski definition) is 1. The predicted molar refractivity (Wildman–Crippen MR) is 113 cm³/mol. The number of Topliss-reactive ketones (excluding diaryl/α,β-unsaturated/α-hetero) is 1. The van der Waals surface area contributed by atoms with Gasteiger partial charge in [0.25, 0.3) is 5.91 Å². The summed E-state index contributed by atoms with van der Waals surface area (Å²) in [6.45, 7) is 2.72. The molecule has 4 heteroatoms. The van der Waals surface area contributed by atoms with Gasteiger partial charge in [0.2, 0.25) is 0 Å². The van der Waals surface area contributed by atoms with Gasteiger partial charge in [-0.15, -0.1) is 0 Å². The van der Waals surface area contributed by atoms with Crippen LogP contribution in [0.25, 0.3) is 0 Å². The highest BCUT2D eigenvalue weighted by Gasteiger charge is 2.21. The molecule has 0 atom stereocenters. The van der Waals surface area contributed by atoms with Gasteiger partial charge in [-0.25, -0.2) is 0 Å². The maximum atomic E-state index is 12.5. The van der Waals surface area contributed by atoms with Crippen molar-refractivity contribution in [1.29, 1.82) is 0 Å². The number of nitrogens with zero attached hydrogens (tertiary/aromatic N) is 1. The van der Waals surface area contributed by atoms with Gasteiger partial charge in [0.1, 0.15) is 0 Å². The van der Waals surface area contributed by atoms with Crippen molar-refractivity contribution >= 4 is 28.8 Å². The first-order chi connectivity index (χ1) is 13.6. The summed E-state index contributed by atoms with van der Waals surface area (Å²) in [7, 11) is 0. The van der Waals surface area contributed by atoms with Crippen molar-refractivity contribution < 1.29 is 9.59 Å². The maximum Gasteiger partial charge on any atom is 0.255 e. The van der Waals surface area contributed by atoms with E-state index in [-0.39, 0.29) is 11.7 Å². The van der Waals surface area contributed by atoms with Crippen LogP contribution >= 0.6 is 0 Å². The van der Waals surface area contributed by atoms with E-state index in [1.54, 1.807) is 0 Å². The van der Waals surface area contributed by atoms with Gasteiger partial charge in [0.05, 0.1) is 5.69 Å². The molecule has 140 valence electrons. The molecule has 4 rings (SSSR count). The summed E-state index contributed by atoms with van der Waals surface area (Å²) in [6.07, 6.45) is 1.39. The summed E-state index contributed by atoms with van der Waals surface area (Å²) in [5.74, 6) is 0.0804. The third-order valence-electron chi connectivity index (χ3n) is 5.11. The molecule has 1 N–H and O–H groups in total. The molecule has 0 aliphatic carbocycles. The lowest BCUT2D eigenvalue weighted by atomic mass is 10.1. The van der Waals surface area contributed by atoms with Gasteiger partial charge in [0.15, 0.2) is 5.78 Å². The fraction of sp³-hybridized carbons (Fsp3) is 0.167. The lowest BCUT2D eigenvalue weighted by Crippen LogP contribution is -2.18. The van der Waals surface area contributed by atoms with E-state index in [1.165, 1.54) is 0 Å². The van der Waals surface area contributed by atoms with Crippen molar-refractivity contribution in [3.63, 3.8) is 0 Å². The van der Waals surface area contributed by atoms with Gasteiger partial charge in [-0.2, -0.15) is 0 Å². The van der Waals surface area contributed by atoms with Gasteiger partial charge >= 0.3 is 0 Å². The summed E-state index contributed by atoms with van der Waals surface area (Å²) in [5.41, 5.74) is 5.10. The van der Waals surface area contributed by atoms with Gasteiger partial charge < -0.3 is 10.2 Å². The first-order valence-electron chi connectivity index (χ1n) is 9.50. The first-order valence-corrected chi connectivity index (χ1v) is 9.50. The number of para-hydroxylation sites is 1. The summed E-state index contributed by atoms with van der Waals surface area (Å²) in [4.78, 5) is 27.0. The Bertz CT molecular complexity index is 1020. The van der Waals surface area contributed by atoms with E-state index in [0.29, 0.717) is 12.0 Å². The van der Waals surface area contributed by atoms with E-state index in [1.807, 2.05) is 79.7 Å². The average molecular weight is 370 g/mol. The van der Waals surface area contributed by atoms with E-state index in [4.69, 9.17) is 0 Å². The Hall–Kier alpha value is -3.40. The first kappa shape index (κ1) is 18.0. The molecule has 4 nitrogen and oxygen atoms in total. The summed E-state index contributed by atoms with van der Waals surface area (Å²) in [6, 6.07) is 23.1. The van der Waals surface area contributed by atoms with Gasteiger partial charge in [-0.1, -0.05) is 30.3 Å². The molecular formula is C24H22N2O2. The largest absolute Gasteiger partial charge is 0.341 e. The average Bonchev–Trinajstić information content (AvgIpc) is 2.88. The second-order valence-electron chi connectivity index (χ2n) is 7.01. The minimum absolute atomic E-state index is 0.114. The molecule has 3 aromatic rings. The third kappa shape index (κ3) is 3.54. The number of rotatable bonds is 3. The smallest absolute Gasteiger partial charge is 0.255 e. The van der Waals surface area contributed by atoms with Crippen LogP contribution in [0.2, 0.25) is 0 Å². The highest BCUT2D eigenvalue weighted by molar-refractivity contribution is 6.05. The van der Waals surface area contributed by atoms with Gasteiger partial charge in [-0.3, -0.25) is 9.59 Å². The van der Waals surface area contributed by atoms with E-state index >= 15 is 0 Å². The number of carbonyl (C=O) groups is 2. The van der Waals surface area contributed by atoms with E-state index in [2.05, 4.69) is 10.2 Å². The topological polar surface area (TPSA) is 49.4 Å². The minimum Gasteiger partial charge on any atom is -0.341 e. The lowest BCUT2D eigenvalue weighted by Gasteiger charge is -2.25.